The molecule has 0 fully saturated rings. The van der Waals surface area contributed by atoms with E-state index in [4.69, 9.17) is 0 Å². The summed E-state index contributed by atoms with van der Waals surface area (Å²) in [6.45, 7) is 0. The maximum atomic E-state index is 2.55. The van der Waals surface area contributed by atoms with Gasteiger partial charge in [-0.2, -0.15) is 0 Å². The molecule has 4 aliphatic rings. The van der Waals surface area contributed by atoms with Crippen molar-refractivity contribution < 1.29 is 0 Å². The topological polar surface area (TPSA) is 0 Å². The molecule has 0 spiro atoms. The average molecular weight is 431 g/mol. The highest BCUT2D eigenvalue weighted by molar-refractivity contribution is 5.94. The molecule has 0 atom stereocenters. The van der Waals surface area contributed by atoms with Gasteiger partial charge in [0.1, 0.15) is 0 Å². The van der Waals surface area contributed by atoms with Gasteiger partial charge >= 0.3 is 0 Å². The molecule has 34 heavy (non-hydrogen) atoms. The van der Waals surface area contributed by atoms with Crippen LogP contribution in [0, 0.1) is 0 Å². The Hall–Kier alpha value is -3.90. The van der Waals surface area contributed by atoms with Crippen LogP contribution in [0.5, 0.6) is 0 Å². The smallest absolute Gasteiger partial charge is 0.000718 e. The van der Waals surface area contributed by atoms with E-state index >= 15 is 0 Å². The molecule has 5 aromatic rings. The van der Waals surface area contributed by atoms with Crippen molar-refractivity contribution in [2.24, 2.45) is 0 Å². The summed E-state index contributed by atoms with van der Waals surface area (Å²) < 4.78 is 0. The fraction of sp³-hybridized carbons (Fsp3) is 0.118. The lowest BCUT2D eigenvalue weighted by Gasteiger charge is -2.12. The Bertz CT molecular complexity index is 1620. The fourth-order valence-corrected chi connectivity index (χ4v) is 7.34. The van der Waals surface area contributed by atoms with Crippen molar-refractivity contribution >= 4 is 0 Å². The van der Waals surface area contributed by atoms with Gasteiger partial charge in [0, 0.05) is 0 Å². The van der Waals surface area contributed by atoms with Gasteiger partial charge in [0.15, 0.2) is 0 Å². The minimum absolute atomic E-state index is 1.06. The quantitative estimate of drug-likeness (QED) is 0.229. The van der Waals surface area contributed by atoms with E-state index in [0.29, 0.717) is 0 Å². The standard InChI is InChI=1S/C34H22/c1-3-7-25-19(5-1)15-31-27(25)11-9-21-13-23-18-30-24(17-29(23)33(21)31)14-22-10-12-28-26-8-4-2-6-20(26)16-32(28)34(22)30/h1-12,17-18H,13-16H2. The van der Waals surface area contributed by atoms with E-state index in [9.17, 15) is 0 Å². The lowest BCUT2D eigenvalue weighted by atomic mass is 9.92. The summed E-state index contributed by atoms with van der Waals surface area (Å²) in [5.41, 5.74) is 23.9. The van der Waals surface area contributed by atoms with Crippen LogP contribution >= 0.6 is 0 Å². The van der Waals surface area contributed by atoms with Gasteiger partial charge in [0.05, 0.1) is 0 Å². The van der Waals surface area contributed by atoms with Crippen LogP contribution in [-0.2, 0) is 25.7 Å². The zero-order valence-electron chi connectivity index (χ0n) is 18.9. The molecule has 0 N–H and O–H groups in total. The zero-order chi connectivity index (χ0) is 22.0. The Morgan fingerprint density at radius 2 is 0.794 bits per heavy atom. The summed E-state index contributed by atoms with van der Waals surface area (Å²) in [6, 6.07) is 32.5. The fourth-order valence-electron chi connectivity index (χ4n) is 7.34. The number of benzene rings is 5. The van der Waals surface area contributed by atoms with E-state index in [1.54, 1.807) is 11.1 Å². The molecule has 9 rings (SSSR count). The van der Waals surface area contributed by atoms with E-state index in [0.717, 1.165) is 25.7 Å². The first-order chi connectivity index (χ1) is 16.8. The molecule has 0 nitrogen and oxygen atoms in total. The van der Waals surface area contributed by atoms with Crippen LogP contribution in [-0.4, -0.2) is 0 Å². The van der Waals surface area contributed by atoms with Crippen molar-refractivity contribution in [3.8, 4) is 44.5 Å². The van der Waals surface area contributed by atoms with Gasteiger partial charge in [-0.25, -0.2) is 0 Å². The highest BCUT2D eigenvalue weighted by atomic mass is 14.4. The van der Waals surface area contributed by atoms with Gasteiger partial charge in [0.2, 0.25) is 0 Å². The molecule has 0 bridgehead atoms. The van der Waals surface area contributed by atoms with Crippen molar-refractivity contribution in [2.45, 2.75) is 25.7 Å². The predicted molar refractivity (Wildman–Crippen MR) is 139 cm³/mol. The van der Waals surface area contributed by atoms with Gasteiger partial charge in [-0.15, -0.1) is 0 Å². The molecule has 0 amide bonds. The summed E-state index contributed by atoms with van der Waals surface area (Å²) in [4.78, 5) is 0. The Morgan fingerprint density at radius 1 is 0.324 bits per heavy atom. The largest absolute Gasteiger partial charge is 0.0619 e. The van der Waals surface area contributed by atoms with Crippen molar-refractivity contribution in [3.63, 3.8) is 0 Å². The molecular weight excluding hydrogens is 408 g/mol. The van der Waals surface area contributed by atoms with E-state index < -0.39 is 0 Å². The number of fused-ring (bicyclic) bond motifs is 14. The second-order valence-electron chi connectivity index (χ2n) is 10.4. The SMILES string of the molecule is c1ccc2c(c1)Cc1c-2ccc2c1-c1cc3c(cc1C2)-c1c(ccc2c1Cc1ccccc1-2)C3. The van der Waals surface area contributed by atoms with Crippen LogP contribution < -0.4 is 0 Å². The molecule has 0 aliphatic heterocycles. The molecule has 0 saturated carbocycles. The van der Waals surface area contributed by atoms with E-state index in [-0.39, 0.29) is 0 Å². The van der Waals surface area contributed by atoms with Crippen LogP contribution in [0.3, 0.4) is 0 Å². The van der Waals surface area contributed by atoms with E-state index in [1.807, 2.05) is 0 Å². The molecule has 158 valence electrons. The van der Waals surface area contributed by atoms with E-state index in [1.165, 1.54) is 77.9 Å². The maximum absolute atomic E-state index is 2.55. The first-order valence-corrected chi connectivity index (χ1v) is 12.5. The minimum Gasteiger partial charge on any atom is -0.0619 e. The molecule has 0 radical (unpaired) electrons. The van der Waals surface area contributed by atoms with Gasteiger partial charge < -0.3 is 0 Å². The van der Waals surface area contributed by atoms with Crippen molar-refractivity contribution in [1.82, 2.24) is 0 Å². The van der Waals surface area contributed by atoms with Gasteiger partial charge in [-0.3, -0.25) is 0 Å². The molecule has 4 aliphatic carbocycles. The van der Waals surface area contributed by atoms with Crippen LogP contribution in [0.2, 0.25) is 0 Å². The van der Waals surface area contributed by atoms with Crippen LogP contribution in [0.1, 0.15) is 44.5 Å². The highest BCUT2D eigenvalue weighted by Gasteiger charge is 2.32. The molecule has 0 saturated heterocycles. The zero-order valence-corrected chi connectivity index (χ0v) is 18.9. The maximum Gasteiger partial charge on any atom is -0.000718 e. The second-order valence-corrected chi connectivity index (χ2v) is 10.4. The minimum atomic E-state index is 1.06. The van der Waals surface area contributed by atoms with Crippen LogP contribution in [0.25, 0.3) is 44.5 Å². The molecular formula is C34H22. The number of hydrogen-bond acceptors (Lipinski definition) is 0. The number of rotatable bonds is 0. The Kier molecular flexibility index (Phi) is 3.08. The van der Waals surface area contributed by atoms with E-state index in [2.05, 4.69) is 84.9 Å². The predicted octanol–water partition coefficient (Wildman–Crippen LogP) is 7.97. The summed E-state index contributed by atoms with van der Waals surface area (Å²) in [5, 5.41) is 0. The molecule has 5 aromatic carbocycles. The molecule has 0 heterocycles. The number of hydrogen-bond donors (Lipinski definition) is 0. The summed E-state index contributed by atoms with van der Waals surface area (Å²) in [5.74, 6) is 0. The lowest BCUT2D eigenvalue weighted by Crippen LogP contribution is -1.90. The van der Waals surface area contributed by atoms with Crippen molar-refractivity contribution in [3.05, 3.63) is 129 Å². The van der Waals surface area contributed by atoms with Gasteiger partial charge in [-0.1, -0.05) is 72.8 Å². The normalized spacial score (nSPS) is 14.6. The summed E-state index contributed by atoms with van der Waals surface area (Å²) in [7, 11) is 0. The molecule has 0 aromatic heterocycles. The van der Waals surface area contributed by atoms with Crippen molar-refractivity contribution in [2.75, 3.05) is 0 Å². The highest BCUT2D eigenvalue weighted by Crippen LogP contribution is 2.52. The van der Waals surface area contributed by atoms with Gasteiger partial charge in [-0.05, 0) is 127 Å². The second kappa shape index (κ2) is 5.96. The first kappa shape index (κ1) is 17.6. The lowest BCUT2D eigenvalue weighted by molar-refractivity contribution is 1.23. The summed E-state index contributed by atoms with van der Waals surface area (Å²) >= 11 is 0. The third-order valence-electron chi connectivity index (χ3n) is 8.78. The third-order valence-corrected chi connectivity index (χ3v) is 8.78. The van der Waals surface area contributed by atoms with Crippen LogP contribution in [0.4, 0.5) is 0 Å². The molecule has 0 unspecified atom stereocenters. The third kappa shape index (κ3) is 2.06. The Morgan fingerprint density at radius 3 is 1.29 bits per heavy atom. The van der Waals surface area contributed by atoms with Crippen molar-refractivity contribution in [1.29, 1.82) is 0 Å². The Balaban J connectivity index is 1.23. The first-order valence-electron chi connectivity index (χ1n) is 12.5. The van der Waals surface area contributed by atoms with Crippen LogP contribution in [0.15, 0.2) is 84.9 Å². The molecule has 0 heteroatoms. The Labute approximate surface area is 199 Å². The monoisotopic (exact) mass is 430 g/mol. The van der Waals surface area contributed by atoms with Gasteiger partial charge in [0.25, 0.3) is 0 Å². The average Bonchev–Trinajstić information content (AvgIpc) is 3.60. The summed E-state index contributed by atoms with van der Waals surface area (Å²) in [6.07, 6.45) is 4.26.